The van der Waals surface area contributed by atoms with Gasteiger partial charge in [-0.05, 0) is 30.5 Å². The summed E-state index contributed by atoms with van der Waals surface area (Å²) >= 11 is 0. The second-order valence-corrected chi connectivity index (χ2v) is 4.55. The van der Waals surface area contributed by atoms with Crippen LogP contribution in [0, 0.1) is 0 Å². The van der Waals surface area contributed by atoms with Gasteiger partial charge in [0, 0.05) is 25.3 Å². The molecule has 1 aromatic rings. The molecule has 0 saturated heterocycles. The van der Waals surface area contributed by atoms with Gasteiger partial charge in [0.25, 0.3) is 0 Å². The number of nitrogens with zero attached hydrogens (tertiary/aromatic N) is 1. The van der Waals surface area contributed by atoms with E-state index in [9.17, 15) is 13.2 Å². The van der Waals surface area contributed by atoms with E-state index in [-0.39, 0.29) is 5.56 Å². The van der Waals surface area contributed by atoms with Crippen LogP contribution in [0.3, 0.4) is 0 Å². The lowest BCUT2D eigenvalue weighted by molar-refractivity contribution is -0.148. The molecule has 1 aromatic carbocycles. The molecule has 1 aliphatic heterocycles. The minimum atomic E-state index is -4.27. The zero-order valence-corrected chi connectivity index (χ0v) is 10.3. The lowest BCUT2D eigenvalue weighted by Gasteiger charge is -2.21. The molecule has 0 fully saturated rings. The molecular weight excluding hydrogens is 241 g/mol. The Morgan fingerprint density at radius 3 is 2.67 bits per heavy atom. The Kier molecular flexibility index (Phi) is 3.52. The third-order valence-electron chi connectivity index (χ3n) is 3.51. The lowest BCUT2D eigenvalue weighted by Crippen LogP contribution is -2.28. The van der Waals surface area contributed by atoms with E-state index in [1.807, 2.05) is 6.92 Å². The van der Waals surface area contributed by atoms with E-state index in [1.165, 1.54) is 0 Å². The second-order valence-electron chi connectivity index (χ2n) is 4.55. The van der Waals surface area contributed by atoms with Crippen molar-refractivity contribution >= 4 is 5.69 Å². The van der Waals surface area contributed by atoms with Crippen molar-refractivity contribution in [1.82, 2.24) is 0 Å². The minimum absolute atomic E-state index is 0.279. The predicted molar refractivity (Wildman–Crippen MR) is 65.9 cm³/mol. The largest absolute Gasteiger partial charge is 0.396 e. The van der Waals surface area contributed by atoms with Crippen molar-refractivity contribution in [2.75, 3.05) is 24.5 Å². The fraction of sp³-hybridized carbons (Fsp3) is 0.538. The molecule has 0 aliphatic carbocycles. The van der Waals surface area contributed by atoms with E-state index >= 15 is 0 Å². The molecule has 0 radical (unpaired) electrons. The number of anilines is 1. The molecule has 5 heteroatoms. The highest BCUT2D eigenvalue weighted by atomic mass is 19.4. The van der Waals surface area contributed by atoms with E-state index in [0.717, 1.165) is 30.8 Å². The van der Waals surface area contributed by atoms with Crippen LogP contribution in [0.25, 0.3) is 0 Å². The monoisotopic (exact) mass is 258 g/mol. The number of benzene rings is 1. The fourth-order valence-corrected chi connectivity index (χ4v) is 2.49. The Bertz CT molecular complexity index is 429. The van der Waals surface area contributed by atoms with Crippen LogP contribution in [-0.2, 0) is 6.42 Å². The molecular formula is C13H17F3N2. The molecule has 1 unspecified atom stereocenters. The maximum Gasteiger partial charge on any atom is 0.396 e. The Hall–Kier alpha value is -1.23. The van der Waals surface area contributed by atoms with Gasteiger partial charge in [-0.1, -0.05) is 12.1 Å². The van der Waals surface area contributed by atoms with Crippen molar-refractivity contribution in [2.45, 2.75) is 25.4 Å². The third kappa shape index (κ3) is 2.32. The number of hydrogen-bond donors (Lipinski definition) is 1. The van der Waals surface area contributed by atoms with E-state index in [4.69, 9.17) is 5.73 Å². The van der Waals surface area contributed by atoms with Crippen molar-refractivity contribution in [2.24, 2.45) is 5.73 Å². The smallest absolute Gasteiger partial charge is 0.371 e. The van der Waals surface area contributed by atoms with Gasteiger partial charge in [-0.25, -0.2) is 0 Å². The molecule has 2 nitrogen and oxygen atoms in total. The summed E-state index contributed by atoms with van der Waals surface area (Å²) in [6.45, 7) is 3.40. The molecule has 0 spiro atoms. The van der Waals surface area contributed by atoms with E-state index < -0.39 is 18.6 Å². The van der Waals surface area contributed by atoms with Crippen molar-refractivity contribution in [3.63, 3.8) is 0 Å². The number of fused-ring (bicyclic) bond motifs is 1. The number of likely N-dealkylation sites (N-methyl/N-ethyl adjacent to an activating group) is 1. The molecule has 2 N–H and O–H groups in total. The summed E-state index contributed by atoms with van der Waals surface area (Å²) in [6, 6.07) is 5.00. The number of rotatable bonds is 3. The summed E-state index contributed by atoms with van der Waals surface area (Å²) in [7, 11) is 0. The van der Waals surface area contributed by atoms with Crippen LogP contribution in [0.2, 0.25) is 0 Å². The summed E-state index contributed by atoms with van der Waals surface area (Å²) in [5.74, 6) is -1.56. The first kappa shape index (κ1) is 13.2. The number of nitrogens with two attached hydrogens (primary N) is 1. The minimum Gasteiger partial charge on any atom is -0.371 e. The maximum atomic E-state index is 12.8. The average molecular weight is 258 g/mol. The summed E-state index contributed by atoms with van der Waals surface area (Å²) in [5.41, 5.74) is 7.59. The quantitative estimate of drug-likeness (QED) is 0.903. The molecule has 1 atom stereocenters. The Labute approximate surface area is 105 Å². The SMILES string of the molecule is CCN1CCc2cc(C(CN)C(F)(F)F)ccc21. The maximum absolute atomic E-state index is 12.8. The first-order chi connectivity index (χ1) is 8.47. The van der Waals surface area contributed by atoms with E-state index in [1.54, 1.807) is 18.2 Å². The molecule has 1 heterocycles. The van der Waals surface area contributed by atoms with Crippen molar-refractivity contribution < 1.29 is 13.2 Å². The van der Waals surface area contributed by atoms with Crippen LogP contribution in [0.5, 0.6) is 0 Å². The van der Waals surface area contributed by atoms with Crippen LogP contribution in [0.15, 0.2) is 18.2 Å². The average Bonchev–Trinajstić information content (AvgIpc) is 2.70. The van der Waals surface area contributed by atoms with Gasteiger partial charge < -0.3 is 10.6 Å². The van der Waals surface area contributed by atoms with Crippen LogP contribution in [0.4, 0.5) is 18.9 Å². The summed E-state index contributed by atoms with van der Waals surface area (Å²) in [6.07, 6.45) is -3.46. The topological polar surface area (TPSA) is 29.3 Å². The zero-order valence-electron chi connectivity index (χ0n) is 10.3. The van der Waals surface area contributed by atoms with Crippen LogP contribution < -0.4 is 10.6 Å². The van der Waals surface area contributed by atoms with Gasteiger partial charge in [-0.15, -0.1) is 0 Å². The van der Waals surface area contributed by atoms with E-state index in [0.29, 0.717) is 0 Å². The van der Waals surface area contributed by atoms with Crippen LogP contribution in [-0.4, -0.2) is 25.8 Å². The van der Waals surface area contributed by atoms with Crippen molar-refractivity contribution in [1.29, 1.82) is 0 Å². The van der Waals surface area contributed by atoms with Crippen LogP contribution in [0.1, 0.15) is 24.0 Å². The summed E-state index contributed by atoms with van der Waals surface area (Å²) in [5, 5.41) is 0. The number of halogens is 3. The standard InChI is InChI=1S/C13H17F3N2/c1-2-18-6-5-10-7-9(3-4-12(10)18)11(8-17)13(14,15)16/h3-4,7,11H,2,5-6,8,17H2,1H3. The third-order valence-corrected chi connectivity index (χ3v) is 3.51. The molecule has 0 bridgehead atoms. The first-order valence-electron chi connectivity index (χ1n) is 6.12. The molecule has 1 aliphatic rings. The molecule has 0 aromatic heterocycles. The second kappa shape index (κ2) is 4.80. The van der Waals surface area contributed by atoms with Gasteiger partial charge >= 0.3 is 6.18 Å². The summed E-state index contributed by atoms with van der Waals surface area (Å²) in [4.78, 5) is 2.17. The Balaban J connectivity index is 2.32. The van der Waals surface area contributed by atoms with Gasteiger partial charge in [0.05, 0.1) is 5.92 Å². The molecule has 18 heavy (non-hydrogen) atoms. The zero-order chi connectivity index (χ0) is 13.3. The van der Waals surface area contributed by atoms with Gasteiger partial charge in [0.15, 0.2) is 0 Å². The van der Waals surface area contributed by atoms with Crippen molar-refractivity contribution in [3.05, 3.63) is 29.3 Å². The predicted octanol–water partition coefficient (Wildman–Crippen LogP) is 2.67. The highest BCUT2D eigenvalue weighted by Gasteiger charge is 2.40. The molecule has 100 valence electrons. The highest BCUT2D eigenvalue weighted by molar-refractivity contribution is 5.59. The van der Waals surface area contributed by atoms with Gasteiger partial charge in [0.1, 0.15) is 0 Å². The Morgan fingerprint density at radius 1 is 1.39 bits per heavy atom. The summed E-state index contributed by atoms with van der Waals surface area (Å²) < 4.78 is 38.4. The normalized spacial score (nSPS) is 16.8. The van der Waals surface area contributed by atoms with Crippen molar-refractivity contribution in [3.8, 4) is 0 Å². The van der Waals surface area contributed by atoms with Gasteiger partial charge in [-0.3, -0.25) is 0 Å². The van der Waals surface area contributed by atoms with E-state index in [2.05, 4.69) is 4.90 Å². The first-order valence-corrected chi connectivity index (χ1v) is 6.12. The van der Waals surface area contributed by atoms with Gasteiger partial charge in [0.2, 0.25) is 0 Å². The van der Waals surface area contributed by atoms with Crippen LogP contribution >= 0.6 is 0 Å². The highest BCUT2D eigenvalue weighted by Crippen LogP contribution is 2.37. The molecule has 0 saturated carbocycles. The molecule has 0 amide bonds. The lowest BCUT2D eigenvalue weighted by atomic mass is 9.96. The number of hydrogen-bond acceptors (Lipinski definition) is 2. The number of alkyl halides is 3. The molecule has 2 rings (SSSR count). The Morgan fingerprint density at radius 2 is 2.11 bits per heavy atom. The van der Waals surface area contributed by atoms with Gasteiger partial charge in [-0.2, -0.15) is 13.2 Å². The fourth-order valence-electron chi connectivity index (χ4n) is 2.49.